The molecule has 0 atom stereocenters. The Morgan fingerprint density at radius 1 is 0.353 bits per heavy atom. The molecular formula is C47H28N4. The van der Waals surface area contributed by atoms with Crippen LogP contribution in [0.1, 0.15) is 0 Å². The van der Waals surface area contributed by atoms with Crippen LogP contribution < -0.4 is 0 Å². The van der Waals surface area contributed by atoms with Gasteiger partial charge in [-0.25, -0.2) is 15.0 Å². The van der Waals surface area contributed by atoms with Crippen LogP contribution in [0.15, 0.2) is 170 Å². The zero-order chi connectivity index (χ0) is 33.5. The van der Waals surface area contributed by atoms with Crippen molar-refractivity contribution in [2.24, 2.45) is 0 Å². The third-order valence-corrected chi connectivity index (χ3v) is 10.3. The van der Waals surface area contributed by atoms with Gasteiger partial charge < -0.3 is 0 Å². The third-order valence-electron chi connectivity index (χ3n) is 10.3. The molecule has 0 radical (unpaired) electrons. The quantitative estimate of drug-likeness (QED) is 0.179. The molecule has 3 heterocycles. The first-order chi connectivity index (χ1) is 25.3. The summed E-state index contributed by atoms with van der Waals surface area (Å²) >= 11 is 0. The van der Waals surface area contributed by atoms with Crippen LogP contribution in [0.5, 0.6) is 0 Å². The summed E-state index contributed by atoms with van der Waals surface area (Å²) in [6.07, 6.45) is 0. The van der Waals surface area contributed by atoms with E-state index >= 15 is 0 Å². The minimum Gasteiger partial charge on any atom is -0.290 e. The van der Waals surface area contributed by atoms with E-state index < -0.39 is 0 Å². The molecule has 0 aliphatic rings. The maximum absolute atomic E-state index is 5.36. The summed E-state index contributed by atoms with van der Waals surface area (Å²) in [6.45, 7) is 0. The second-order valence-electron chi connectivity index (χ2n) is 13.2. The van der Waals surface area contributed by atoms with Crippen molar-refractivity contribution in [3.8, 4) is 33.8 Å². The summed E-state index contributed by atoms with van der Waals surface area (Å²) in [5, 5.41) is 9.71. The fourth-order valence-corrected chi connectivity index (χ4v) is 8.04. The fourth-order valence-electron chi connectivity index (χ4n) is 8.04. The van der Waals surface area contributed by atoms with Crippen LogP contribution in [0.4, 0.5) is 0 Å². The summed E-state index contributed by atoms with van der Waals surface area (Å²) in [6, 6.07) is 60.3. The normalized spacial score (nSPS) is 11.9. The van der Waals surface area contributed by atoms with E-state index in [0.29, 0.717) is 5.82 Å². The van der Waals surface area contributed by atoms with Gasteiger partial charge in [-0.05, 0) is 73.8 Å². The van der Waals surface area contributed by atoms with Crippen LogP contribution in [0.3, 0.4) is 0 Å². The molecule has 0 saturated heterocycles. The molecule has 3 aromatic heterocycles. The molecule has 4 nitrogen and oxygen atoms in total. The summed E-state index contributed by atoms with van der Waals surface area (Å²) in [7, 11) is 0. The number of benzene rings is 8. The van der Waals surface area contributed by atoms with Crippen molar-refractivity contribution in [3.63, 3.8) is 0 Å². The van der Waals surface area contributed by atoms with Crippen molar-refractivity contribution in [2.75, 3.05) is 0 Å². The van der Waals surface area contributed by atoms with Gasteiger partial charge in [0.15, 0.2) is 11.5 Å². The van der Waals surface area contributed by atoms with Crippen LogP contribution in [-0.4, -0.2) is 19.4 Å². The first-order valence-corrected chi connectivity index (χ1v) is 17.3. The molecule has 0 aliphatic heterocycles. The zero-order valence-corrected chi connectivity index (χ0v) is 27.5. The molecule has 0 fully saturated rings. The van der Waals surface area contributed by atoms with E-state index in [-0.39, 0.29) is 0 Å². The number of imidazole rings is 1. The highest BCUT2D eigenvalue weighted by Gasteiger charge is 2.21. The van der Waals surface area contributed by atoms with Gasteiger partial charge in [0.2, 0.25) is 0 Å². The number of hydrogen-bond donors (Lipinski definition) is 0. The molecule has 0 saturated carbocycles. The van der Waals surface area contributed by atoms with E-state index in [0.717, 1.165) is 66.4 Å². The maximum Gasteiger partial charge on any atom is 0.165 e. The van der Waals surface area contributed by atoms with E-state index in [1.54, 1.807) is 0 Å². The number of fused-ring (bicyclic) bond motifs is 14. The van der Waals surface area contributed by atoms with E-state index in [9.17, 15) is 0 Å². The van der Waals surface area contributed by atoms with Gasteiger partial charge in [0, 0.05) is 21.9 Å². The lowest BCUT2D eigenvalue weighted by Gasteiger charge is -2.15. The van der Waals surface area contributed by atoms with Gasteiger partial charge in [0.25, 0.3) is 0 Å². The number of rotatable bonds is 3. The number of pyridine rings is 1. The third kappa shape index (κ3) is 4.17. The predicted octanol–water partition coefficient (Wildman–Crippen LogP) is 12.0. The van der Waals surface area contributed by atoms with E-state index in [1.807, 2.05) is 24.3 Å². The minimum absolute atomic E-state index is 0.678. The highest BCUT2D eigenvalue weighted by atomic mass is 15.0. The number of hydrogen-bond acceptors (Lipinski definition) is 3. The van der Waals surface area contributed by atoms with Crippen LogP contribution in [0.2, 0.25) is 0 Å². The maximum atomic E-state index is 5.36. The fraction of sp³-hybridized carbons (Fsp3) is 0. The van der Waals surface area contributed by atoms with Crippen molar-refractivity contribution >= 4 is 70.8 Å². The Bertz CT molecular complexity index is 3160. The SMILES string of the molecule is c1ccc(-c2nc(-c3cccc(-c4ccc5c6ccccc6c6ccccc6c5c4)c3)c3c4ccccc4n4c5ccccc5nc4c3n2)cc1. The van der Waals surface area contributed by atoms with Crippen molar-refractivity contribution in [2.45, 2.75) is 0 Å². The van der Waals surface area contributed by atoms with Crippen LogP contribution in [0.25, 0.3) is 105 Å². The Balaban J connectivity index is 1.20. The molecule has 0 amide bonds. The molecule has 11 aromatic rings. The lowest BCUT2D eigenvalue weighted by Crippen LogP contribution is -2.00. The number of para-hydroxylation sites is 3. The Morgan fingerprint density at radius 2 is 0.922 bits per heavy atom. The Kier molecular flexibility index (Phi) is 5.92. The number of aromatic nitrogens is 4. The van der Waals surface area contributed by atoms with Gasteiger partial charge in [0.05, 0.1) is 22.2 Å². The summed E-state index contributed by atoms with van der Waals surface area (Å²) < 4.78 is 2.25. The molecule has 8 aromatic carbocycles. The van der Waals surface area contributed by atoms with E-state index in [1.165, 1.54) is 32.3 Å². The summed E-state index contributed by atoms with van der Waals surface area (Å²) in [5.41, 5.74) is 9.94. The Labute approximate surface area is 292 Å². The second kappa shape index (κ2) is 10.8. The Hall–Kier alpha value is -6.91. The number of nitrogens with zero attached hydrogens (tertiary/aromatic N) is 4. The molecule has 0 unspecified atom stereocenters. The predicted molar refractivity (Wildman–Crippen MR) is 212 cm³/mol. The van der Waals surface area contributed by atoms with Gasteiger partial charge in [-0.3, -0.25) is 4.40 Å². The molecule has 0 N–H and O–H groups in total. The zero-order valence-electron chi connectivity index (χ0n) is 27.5. The van der Waals surface area contributed by atoms with Gasteiger partial charge in [-0.1, -0.05) is 140 Å². The minimum atomic E-state index is 0.678. The molecule has 0 spiro atoms. The van der Waals surface area contributed by atoms with Gasteiger partial charge in [0.1, 0.15) is 5.52 Å². The van der Waals surface area contributed by atoms with Gasteiger partial charge >= 0.3 is 0 Å². The highest BCUT2D eigenvalue weighted by molar-refractivity contribution is 6.26. The van der Waals surface area contributed by atoms with Crippen LogP contribution in [0, 0.1) is 0 Å². The topological polar surface area (TPSA) is 43.1 Å². The highest BCUT2D eigenvalue weighted by Crippen LogP contribution is 2.40. The lowest BCUT2D eigenvalue weighted by molar-refractivity contribution is 1.21. The Morgan fingerprint density at radius 3 is 1.69 bits per heavy atom. The molecule has 0 bridgehead atoms. The van der Waals surface area contributed by atoms with Gasteiger partial charge in [-0.15, -0.1) is 0 Å². The van der Waals surface area contributed by atoms with Crippen molar-refractivity contribution in [3.05, 3.63) is 170 Å². The largest absolute Gasteiger partial charge is 0.290 e. The molecular weight excluding hydrogens is 621 g/mol. The molecule has 11 rings (SSSR count). The standard InChI is InChI=1S/C47H28N4/c1-2-13-29(14-3-1)46-49-44(43-38-21-8-10-23-41(38)51-42-24-11-9-22-40(42)48-47(51)45(43)50-46)32-16-12-15-30(27-32)31-25-26-37-35-19-5-4-17-33(35)34-18-6-7-20-36(34)39(37)28-31/h1-28H. The molecule has 51 heavy (non-hydrogen) atoms. The smallest absolute Gasteiger partial charge is 0.165 e. The van der Waals surface area contributed by atoms with E-state index in [4.69, 9.17) is 15.0 Å². The average Bonchev–Trinajstić information content (AvgIpc) is 3.61. The summed E-state index contributed by atoms with van der Waals surface area (Å²) in [4.78, 5) is 15.8. The van der Waals surface area contributed by atoms with Crippen LogP contribution in [-0.2, 0) is 0 Å². The average molecular weight is 649 g/mol. The first kappa shape index (κ1) is 28.0. The summed E-state index contributed by atoms with van der Waals surface area (Å²) in [5.74, 6) is 0.678. The first-order valence-electron chi connectivity index (χ1n) is 17.3. The lowest BCUT2D eigenvalue weighted by atomic mass is 9.91. The van der Waals surface area contributed by atoms with Crippen molar-refractivity contribution < 1.29 is 0 Å². The van der Waals surface area contributed by atoms with E-state index in [2.05, 4.69) is 150 Å². The van der Waals surface area contributed by atoms with Crippen molar-refractivity contribution in [1.29, 1.82) is 0 Å². The molecule has 4 heteroatoms. The van der Waals surface area contributed by atoms with Crippen molar-refractivity contribution in [1.82, 2.24) is 19.4 Å². The second-order valence-corrected chi connectivity index (χ2v) is 13.2. The monoisotopic (exact) mass is 648 g/mol. The van der Waals surface area contributed by atoms with Gasteiger partial charge in [-0.2, -0.15) is 0 Å². The molecule has 0 aliphatic carbocycles. The molecule has 236 valence electrons. The van der Waals surface area contributed by atoms with Crippen LogP contribution >= 0.6 is 0 Å².